The van der Waals surface area contributed by atoms with Crippen LogP contribution >= 0.6 is 11.3 Å². The van der Waals surface area contributed by atoms with E-state index in [0.717, 1.165) is 60.6 Å². The van der Waals surface area contributed by atoms with E-state index >= 15 is 0 Å². The van der Waals surface area contributed by atoms with Crippen LogP contribution in [-0.4, -0.2) is 26.2 Å². The lowest BCUT2D eigenvalue weighted by atomic mass is 9.63. The van der Waals surface area contributed by atoms with Gasteiger partial charge in [-0.3, -0.25) is 4.98 Å². The van der Waals surface area contributed by atoms with Crippen LogP contribution in [0.1, 0.15) is 47.6 Å². The van der Waals surface area contributed by atoms with Crippen LogP contribution in [0.25, 0.3) is 10.7 Å². The van der Waals surface area contributed by atoms with E-state index in [-0.39, 0.29) is 17.3 Å². The second-order valence-electron chi connectivity index (χ2n) is 7.95. The first-order chi connectivity index (χ1) is 13.6. The Bertz CT molecular complexity index is 996. The van der Waals surface area contributed by atoms with Gasteiger partial charge in [-0.1, -0.05) is 6.42 Å². The number of aryl methyl sites for hydroxylation is 1. The molecule has 0 saturated heterocycles. The van der Waals surface area contributed by atoms with Crippen molar-refractivity contribution in [2.24, 2.45) is 5.73 Å². The van der Waals surface area contributed by atoms with Gasteiger partial charge in [0, 0.05) is 29.0 Å². The molecule has 0 amide bonds. The molecule has 2 aliphatic carbocycles. The van der Waals surface area contributed by atoms with E-state index in [1.165, 1.54) is 10.9 Å². The molecule has 0 aromatic carbocycles. The Morgan fingerprint density at radius 2 is 2.11 bits per heavy atom. The number of aromatic nitrogens is 4. The number of thiazole rings is 1. The molecule has 0 aliphatic heterocycles. The van der Waals surface area contributed by atoms with Gasteiger partial charge in [0.1, 0.15) is 16.5 Å². The highest BCUT2D eigenvalue weighted by atomic mass is 32.1. The number of rotatable bonds is 4. The lowest BCUT2D eigenvalue weighted by Crippen LogP contribution is -2.38. The fraction of sp³-hybridized carbons (Fsp3) is 0.429. The summed E-state index contributed by atoms with van der Waals surface area (Å²) in [6.07, 6.45) is 8.13. The Morgan fingerprint density at radius 1 is 1.21 bits per heavy atom. The molecule has 2 N–H and O–H groups in total. The van der Waals surface area contributed by atoms with Crippen molar-refractivity contribution in [1.29, 1.82) is 0 Å². The summed E-state index contributed by atoms with van der Waals surface area (Å²) in [4.78, 5) is 10.4. The van der Waals surface area contributed by atoms with Crippen LogP contribution in [0.2, 0.25) is 0 Å². The predicted molar refractivity (Wildman–Crippen MR) is 107 cm³/mol. The van der Waals surface area contributed by atoms with E-state index < -0.39 is 0 Å². The molecule has 1 atom stereocenters. The first-order valence-electron chi connectivity index (χ1n) is 9.81. The number of fused-ring (bicyclic) bond motifs is 1. The van der Waals surface area contributed by atoms with Crippen molar-refractivity contribution in [1.82, 2.24) is 20.2 Å². The fourth-order valence-corrected chi connectivity index (χ4v) is 5.47. The fourth-order valence-electron chi connectivity index (χ4n) is 4.30. The SMILES string of the molecule is NC1CCc2nc(-c3ccc(CC4(c5ncccc5F)CCC4)nn3)sc2C1. The van der Waals surface area contributed by atoms with Crippen molar-refractivity contribution in [3.8, 4) is 10.7 Å². The first-order valence-corrected chi connectivity index (χ1v) is 10.6. The monoisotopic (exact) mass is 395 g/mol. The molecule has 5 rings (SSSR count). The molecule has 7 heteroatoms. The maximum atomic E-state index is 14.3. The lowest BCUT2D eigenvalue weighted by molar-refractivity contribution is 0.223. The first kappa shape index (κ1) is 17.8. The van der Waals surface area contributed by atoms with Crippen LogP contribution in [0.5, 0.6) is 0 Å². The lowest BCUT2D eigenvalue weighted by Gasteiger charge is -2.41. The summed E-state index contributed by atoms with van der Waals surface area (Å²) >= 11 is 1.67. The highest BCUT2D eigenvalue weighted by Gasteiger charge is 2.42. The topological polar surface area (TPSA) is 77.6 Å². The average molecular weight is 396 g/mol. The van der Waals surface area contributed by atoms with Crippen LogP contribution in [0, 0.1) is 5.82 Å². The zero-order valence-corrected chi connectivity index (χ0v) is 16.4. The Balaban J connectivity index is 1.38. The summed E-state index contributed by atoms with van der Waals surface area (Å²) < 4.78 is 14.3. The highest BCUT2D eigenvalue weighted by molar-refractivity contribution is 7.15. The van der Waals surface area contributed by atoms with E-state index in [1.807, 2.05) is 12.1 Å². The molecule has 3 aromatic heterocycles. The number of nitrogens with zero attached hydrogens (tertiary/aromatic N) is 4. The standard InChI is InChI=1S/C21H22FN5S/c22-15-3-1-10-24-19(15)21(8-2-9-21)12-14-5-7-17(27-26-14)20-25-16-6-4-13(23)11-18(16)28-20/h1,3,5,7,10,13H,2,4,6,8-9,11-12,23H2. The van der Waals surface area contributed by atoms with E-state index in [0.29, 0.717) is 12.1 Å². The molecule has 0 radical (unpaired) electrons. The second-order valence-corrected chi connectivity index (χ2v) is 9.03. The van der Waals surface area contributed by atoms with Gasteiger partial charge in [0.25, 0.3) is 0 Å². The minimum Gasteiger partial charge on any atom is -0.327 e. The molecular weight excluding hydrogens is 373 g/mol. The summed E-state index contributed by atoms with van der Waals surface area (Å²) in [5, 5.41) is 9.77. The third-order valence-electron chi connectivity index (χ3n) is 6.01. The van der Waals surface area contributed by atoms with E-state index in [4.69, 9.17) is 10.7 Å². The van der Waals surface area contributed by atoms with Crippen LogP contribution in [0.15, 0.2) is 30.5 Å². The zero-order valence-electron chi connectivity index (χ0n) is 15.6. The van der Waals surface area contributed by atoms with Gasteiger partial charge in [0.2, 0.25) is 0 Å². The highest BCUT2D eigenvalue weighted by Crippen LogP contribution is 2.46. The zero-order chi connectivity index (χ0) is 19.1. The Labute approximate surface area is 167 Å². The van der Waals surface area contributed by atoms with Gasteiger partial charge < -0.3 is 5.73 Å². The smallest absolute Gasteiger partial charge is 0.145 e. The third kappa shape index (κ3) is 3.12. The Hall–Kier alpha value is -2.25. The maximum Gasteiger partial charge on any atom is 0.145 e. The summed E-state index contributed by atoms with van der Waals surface area (Å²) in [6, 6.07) is 7.34. The van der Waals surface area contributed by atoms with Crippen molar-refractivity contribution in [2.45, 2.75) is 56.4 Å². The predicted octanol–water partition coefficient (Wildman–Crippen LogP) is 3.61. The van der Waals surface area contributed by atoms with Crippen molar-refractivity contribution < 1.29 is 4.39 Å². The second kappa shape index (κ2) is 6.97. The molecule has 1 unspecified atom stereocenters. The number of hydrogen-bond acceptors (Lipinski definition) is 6. The molecule has 3 aromatic rings. The largest absolute Gasteiger partial charge is 0.327 e. The van der Waals surface area contributed by atoms with Crippen LogP contribution in [-0.2, 0) is 24.7 Å². The summed E-state index contributed by atoms with van der Waals surface area (Å²) in [5.41, 5.74) is 9.21. The van der Waals surface area contributed by atoms with E-state index in [1.54, 1.807) is 23.6 Å². The van der Waals surface area contributed by atoms with Crippen molar-refractivity contribution in [3.63, 3.8) is 0 Å². The van der Waals surface area contributed by atoms with E-state index in [2.05, 4.69) is 15.2 Å². The quantitative estimate of drug-likeness (QED) is 0.730. The van der Waals surface area contributed by atoms with Crippen LogP contribution < -0.4 is 5.73 Å². The molecular formula is C21H22FN5S. The van der Waals surface area contributed by atoms with Gasteiger partial charge in [0.15, 0.2) is 0 Å². The molecule has 144 valence electrons. The maximum absolute atomic E-state index is 14.3. The van der Waals surface area contributed by atoms with Gasteiger partial charge >= 0.3 is 0 Å². The van der Waals surface area contributed by atoms with Crippen molar-refractivity contribution in [2.75, 3.05) is 0 Å². The Kier molecular flexibility index (Phi) is 4.44. The molecule has 28 heavy (non-hydrogen) atoms. The summed E-state index contributed by atoms with van der Waals surface area (Å²) in [7, 11) is 0. The third-order valence-corrected chi connectivity index (χ3v) is 7.15. The molecule has 3 heterocycles. The van der Waals surface area contributed by atoms with Crippen LogP contribution in [0.3, 0.4) is 0 Å². The summed E-state index contributed by atoms with van der Waals surface area (Å²) in [5.74, 6) is -0.224. The molecule has 5 nitrogen and oxygen atoms in total. The van der Waals surface area contributed by atoms with Crippen molar-refractivity contribution in [3.05, 3.63) is 58.2 Å². The van der Waals surface area contributed by atoms with Gasteiger partial charge in [-0.15, -0.1) is 16.4 Å². The van der Waals surface area contributed by atoms with Gasteiger partial charge in [-0.25, -0.2) is 9.37 Å². The molecule has 2 aliphatic rings. The molecule has 1 fully saturated rings. The molecule has 1 saturated carbocycles. The van der Waals surface area contributed by atoms with E-state index in [9.17, 15) is 4.39 Å². The van der Waals surface area contributed by atoms with Gasteiger partial charge in [-0.05, 0) is 56.4 Å². The van der Waals surface area contributed by atoms with Crippen LogP contribution in [0.4, 0.5) is 4.39 Å². The minimum absolute atomic E-state index is 0.224. The normalized spacial score (nSPS) is 20.4. The number of hydrogen-bond donors (Lipinski definition) is 1. The van der Waals surface area contributed by atoms with Crippen molar-refractivity contribution >= 4 is 11.3 Å². The number of halogens is 1. The number of pyridine rings is 1. The van der Waals surface area contributed by atoms with Gasteiger partial charge in [-0.2, -0.15) is 5.10 Å². The average Bonchev–Trinajstić information content (AvgIpc) is 3.09. The van der Waals surface area contributed by atoms with Gasteiger partial charge in [0.05, 0.1) is 17.1 Å². The Morgan fingerprint density at radius 3 is 2.82 bits per heavy atom. The minimum atomic E-state index is -0.252. The number of nitrogens with two attached hydrogens (primary N) is 1. The summed E-state index contributed by atoms with van der Waals surface area (Å²) in [6.45, 7) is 0. The molecule has 0 bridgehead atoms. The molecule has 0 spiro atoms.